The number of hydrogen-bond donors (Lipinski definition) is 1. The van der Waals surface area contributed by atoms with E-state index in [1.807, 2.05) is 6.92 Å². The molecule has 3 nitrogen and oxygen atoms in total. The predicted molar refractivity (Wildman–Crippen MR) is 66.9 cm³/mol. The second-order valence-corrected chi connectivity index (χ2v) is 4.36. The second kappa shape index (κ2) is 5.39. The fourth-order valence-corrected chi connectivity index (χ4v) is 2.04. The van der Waals surface area contributed by atoms with E-state index < -0.39 is 11.6 Å². The Kier molecular flexibility index (Phi) is 3.86. The summed E-state index contributed by atoms with van der Waals surface area (Å²) in [5.74, 6) is -0.579. The van der Waals surface area contributed by atoms with Crippen molar-refractivity contribution in [3.8, 4) is 0 Å². The van der Waals surface area contributed by atoms with Crippen molar-refractivity contribution in [2.24, 2.45) is 0 Å². The molecule has 0 saturated heterocycles. The molecule has 6 heteroatoms. The maximum absolute atomic E-state index is 13.5. The van der Waals surface area contributed by atoms with Gasteiger partial charge >= 0.3 is 0 Å². The molecule has 0 radical (unpaired) electrons. The van der Waals surface area contributed by atoms with Gasteiger partial charge in [0.2, 0.25) is 0 Å². The monoisotopic (exact) mass is 269 g/mol. The first-order valence-electron chi connectivity index (χ1n) is 5.70. The van der Waals surface area contributed by atoms with Gasteiger partial charge in [0.1, 0.15) is 17.5 Å². The zero-order valence-corrected chi connectivity index (χ0v) is 10.7. The molecule has 0 unspecified atom stereocenters. The Bertz CT molecular complexity index is 583. The first-order valence-corrected chi connectivity index (χ1v) is 6.11. The Hall–Kier alpha value is -1.56. The van der Waals surface area contributed by atoms with Crippen molar-refractivity contribution in [1.82, 2.24) is 14.8 Å². The molecule has 0 atom stereocenters. The third-order valence-corrected chi connectivity index (χ3v) is 2.99. The lowest BCUT2D eigenvalue weighted by Crippen LogP contribution is -2.06. The summed E-state index contributed by atoms with van der Waals surface area (Å²) in [5, 5.41) is 6.68. The van der Waals surface area contributed by atoms with Crippen LogP contribution in [0.2, 0.25) is 0 Å². The van der Waals surface area contributed by atoms with E-state index >= 15 is 0 Å². The zero-order valence-electron chi connectivity index (χ0n) is 9.91. The summed E-state index contributed by atoms with van der Waals surface area (Å²) in [6, 6.07) is 3.82. The van der Waals surface area contributed by atoms with E-state index in [0.717, 1.165) is 6.42 Å². The third-order valence-electron chi connectivity index (χ3n) is 2.68. The van der Waals surface area contributed by atoms with Crippen LogP contribution in [0.1, 0.15) is 24.7 Å². The van der Waals surface area contributed by atoms with Crippen molar-refractivity contribution in [3.05, 3.63) is 46.0 Å². The van der Waals surface area contributed by atoms with Gasteiger partial charge in [-0.1, -0.05) is 13.0 Å². The number of aromatic nitrogens is 3. The summed E-state index contributed by atoms with van der Waals surface area (Å²) in [7, 11) is 0. The van der Waals surface area contributed by atoms with Crippen LogP contribution in [0.3, 0.4) is 0 Å². The molecule has 0 saturated carbocycles. The highest BCUT2D eigenvalue weighted by molar-refractivity contribution is 7.71. The average Bonchev–Trinajstić information content (AvgIpc) is 2.67. The molecule has 1 aromatic heterocycles. The number of hydrogen-bond acceptors (Lipinski definition) is 2. The van der Waals surface area contributed by atoms with E-state index in [1.54, 1.807) is 4.57 Å². The zero-order chi connectivity index (χ0) is 13.1. The molecule has 0 amide bonds. The molecule has 18 heavy (non-hydrogen) atoms. The molecule has 0 aliphatic rings. The van der Waals surface area contributed by atoms with Crippen molar-refractivity contribution in [2.45, 2.75) is 26.3 Å². The van der Waals surface area contributed by atoms with E-state index in [0.29, 0.717) is 17.1 Å². The normalized spacial score (nSPS) is 10.8. The second-order valence-electron chi connectivity index (χ2n) is 3.97. The lowest BCUT2D eigenvalue weighted by atomic mass is 10.1. The van der Waals surface area contributed by atoms with Gasteiger partial charge in [0.15, 0.2) is 4.77 Å². The Labute approximate surface area is 108 Å². The minimum absolute atomic E-state index is 0.0175. The molecule has 0 aliphatic carbocycles. The number of H-pyrrole nitrogens is 1. The molecule has 1 aromatic carbocycles. The van der Waals surface area contributed by atoms with Crippen molar-refractivity contribution in [1.29, 1.82) is 0 Å². The van der Waals surface area contributed by atoms with Gasteiger partial charge in [-0.05, 0) is 30.8 Å². The molecule has 1 N–H and O–H groups in total. The topological polar surface area (TPSA) is 33.6 Å². The number of benzene rings is 1. The number of halogens is 2. The molecule has 2 rings (SSSR count). The lowest BCUT2D eigenvalue weighted by Gasteiger charge is -2.06. The van der Waals surface area contributed by atoms with Crippen LogP contribution in [0.25, 0.3) is 0 Å². The predicted octanol–water partition coefficient (Wildman–Crippen LogP) is 3.22. The van der Waals surface area contributed by atoms with Crippen LogP contribution < -0.4 is 0 Å². The van der Waals surface area contributed by atoms with Crippen LogP contribution in [-0.4, -0.2) is 14.8 Å². The summed E-state index contributed by atoms with van der Waals surface area (Å²) < 4.78 is 29.3. The Morgan fingerprint density at radius 2 is 2.00 bits per heavy atom. The van der Waals surface area contributed by atoms with Crippen molar-refractivity contribution >= 4 is 12.2 Å². The molecule has 0 spiro atoms. The van der Waals surface area contributed by atoms with Crippen LogP contribution in [0.15, 0.2) is 18.2 Å². The molecule has 96 valence electrons. The third kappa shape index (κ3) is 2.48. The van der Waals surface area contributed by atoms with E-state index in [-0.39, 0.29) is 12.0 Å². The first kappa shape index (κ1) is 12.9. The van der Waals surface area contributed by atoms with Gasteiger partial charge in [0, 0.05) is 18.5 Å². The molecular formula is C12H13F2N3S. The van der Waals surface area contributed by atoms with E-state index in [2.05, 4.69) is 10.2 Å². The van der Waals surface area contributed by atoms with Gasteiger partial charge in [0.05, 0.1) is 0 Å². The van der Waals surface area contributed by atoms with Crippen molar-refractivity contribution < 1.29 is 8.78 Å². The molecule has 0 bridgehead atoms. The van der Waals surface area contributed by atoms with E-state index in [9.17, 15) is 8.78 Å². The van der Waals surface area contributed by atoms with E-state index in [4.69, 9.17) is 12.2 Å². The first-order chi connectivity index (χ1) is 8.63. The Balaban J connectivity index is 2.37. The maximum atomic E-state index is 13.5. The number of rotatable bonds is 4. The molecular weight excluding hydrogens is 256 g/mol. The quantitative estimate of drug-likeness (QED) is 0.865. The molecule has 0 aliphatic heterocycles. The number of aromatic amines is 1. The summed E-state index contributed by atoms with van der Waals surface area (Å²) in [6.07, 6.45) is 0.965. The van der Waals surface area contributed by atoms with Gasteiger partial charge in [-0.15, -0.1) is 0 Å². The van der Waals surface area contributed by atoms with Crippen molar-refractivity contribution in [2.75, 3.05) is 0 Å². The Morgan fingerprint density at radius 3 is 2.61 bits per heavy atom. The highest BCUT2D eigenvalue weighted by atomic mass is 32.1. The molecule has 1 heterocycles. The van der Waals surface area contributed by atoms with Crippen LogP contribution in [-0.2, 0) is 13.0 Å². The van der Waals surface area contributed by atoms with Crippen LogP contribution in [0.5, 0.6) is 0 Å². The highest BCUT2D eigenvalue weighted by Crippen LogP contribution is 2.16. The van der Waals surface area contributed by atoms with Crippen LogP contribution in [0, 0.1) is 16.4 Å². The fourth-order valence-electron chi connectivity index (χ4n) is 1.80. The fraction of sp³-hybridized carbons (Fsp3) is 0.333. The smallest absolute Gasteiger partial charge is 0.195 e. The minimum Gasteiger partial charge on any atom is -0.304 e. The molecule has 0 fully saturated rings. The summed E-state index contributed by atoms with van der Waals surface area (Å²) in [4.78, 5) is 0. The summed E-state index contributed by atoms with van der Waals surface area (Å²) >= 11 is 5.08. The van der Waals surface area contributed by atoms with Gasteiger partial charge in [-0.3, -0.25) is 5.10 Å². The highest BCUT2D eigenvalue weighted by Gasteiger charge is 2.13. The van der Waals surface area contributed by atoms with Crippen molar-refractivity contribution in [3.63, 3.8) is 0 Å². The maximum Gasteiger partial charge on any atom is 0.195 e. The Morgan fingerprint density at radius 1 is 1.33 bits per heavy atom. The molecule has 2 aromatic rings. The number of nitrogens with zero attached hydrogens (tertiary/aromatic N) is 2. The van der Waals surface area contributed by atoms with Crippen LogP contribution >= 0.6 is 12.2 Å². The van der Waals surface area contributed by atoms with Gasteiger partial charge in [0.25, 0.3) is 0 Å². The average molecular weight is 269 g/mol. The standard InChI is InChI=1S/C12H13F2N3S/c1-2-6-17-11(15-16-12(17)18)7-8-9(13)4-3-5-10(8)14/h3-5H,2,6-7H2,1H3,(H,16,18). The van der Waals surface area contributed by atoms with Crippen LogP contribution in [0.4, 0.5) is 8.78 Å². The summed E-state index contributed by atoms with van der Waals surface area (Å²) in [6.45, 7) is 2.68. The lowest BCUT2D eigenvalue weighted by molar-refractivity contribution is 0.553. The van der Waals surface area contributed by atoms with Gasteiger partial charge < -0.3 is 4.57 Å². The van der Waals surface area contributed by atoms with Gasteiger partial charge in [-0.2, -0.15) is 5.10 Å². The van der Waals surface area contributed by atoms with E-state index in [1.165, 1.54) is 18.2 Å². The van der Waals surface area contributed by atoms with Gasteiger partial charge in [-0.25, -0.2) is 8.78 Å². The number of nitrogens with one attached hydrogen (secondary N) is 1. The summed E-state index contributed by atoms with van der Waals surface area (Å²) in [5.41, 5.74) is 0.0175. The SMILES string of the molecule is CCCn1c(Cc2c(F)cccc2F)n[nH]c1=S. The minimum atomic E-state index is -0.563. The largest absolute Gasteiger partial charge is 0.304 e.